The highest BCUT2D eigenvalue weighted by Crippen LogP contribution is 2.07. The van der Waals surface area contributed by atoms with Gasteiger partial charge in [0.2, 0.25) is 0 Å². The van der Waals surface area contributed by atoms with Crippen molar-refractivity contribution in [1.82, 2.24) is 14.7 Å². The second-order valence-electron chi connectivity index (χ2n) is 5.00. The van der Waals surface area contributed by atoms with Crippen molar-refractivity contribution in [2.75, 3.05) is 13.6 Å². The van der Waals surface area contributed by atoms with E-state index >= 15 is 0 Å². The van der Waals surface area contributed by atoms with E-state index in [9.17, 15) is 0 Å². The lowest BCUT2D eigenvalue weighted by Gasteiger charge is -2.19. The lowest BCUT2D eigenvalue weighted by Crippen LogP contribution is -2.32. The fourth-order valence-electron chi connectivity index (χ4n) is 1.75. The summed E-state index contributed by atoms with van der Waals surface area (Å²) in [5.74, 6) is 0.279. The lowest BCUT2D eigenvalue weighted by atomic mass is 10.1. The Morgan fingerprint density at radius 3 is 2.72 bits per heavy atom. The maximum atomic E-state index is 8.60. The van der Waals surface area contributed by atoms with Crippen molar-refractivity contribution in [1.29, 1.82) is 0 Å². The maximum Gasteiger partial charge on any atom is 0.143 e. The van der Waals surface area contributed by atoms with E-state index in [0.29, 0.717) is 6.04 Å². The van der Waals surface area contributed by atoms with Crippen LogP contribution in [0.4, 0.5) is 0 Å². The monoisotopic (exact) mass is 253 g/mol. The van der Waals surface area contributed by atoms with Crippen molar-refractivity contribution in [2.24, 2.45) is 16.8 Å². The van der Waals surface area contributed by atoms with Gasteiger partial charge in [0.25, 0.3) is 0 Å². The number of amidine groups is 1. The van der Waals surface area contributed by atoms with E-state index < -0.39 is 0 Å². The van der Waals surface area contributed by atoms with Crippen LogP contribution >= 0.6 is 0 Å². The molecule has 1 aromatic rings. The molecule has 1 aromatic heterocycles. The topological polar surface area (TPSA) is 79.7 Å². The molecule has 0 aliphatic rings. The summed E-state index contributed by atoms with van der Waals surface area (Å²) in [5, 5.41) is 16.1. The zero-order valence-corrected chi connectivity index (χ0v) is 11.5. The number of hydrogen-bond acceptors (Lipinski definition) is 4. The Morgan fingerprint density at radius 2 is 2.22 bits per heavy atom. The lowest BCUT2D eigenvalue weighted by molar-refractivity contribution is 0.287. The second-order valence-corrected chi connectivity index (χ2v) is 5.00. The molecule has 0 saturated heterocycles. The molecule has 0 aliphatic heterocycles. The first-order valence-electron chi connectivity index (χ1n) is 6.14. The molecular weight excluding hydrogens is 230 g/mol. The second kappa shape index (κ2) is 6.39. The third kappa shape index (κ3) is 4.03. The van der Waals surface area contributed by atoms with E-state index in [4.69, 9.17) is 10.9 Å². The van der Waals surface area contributed by atoms with Gasteiger partial charge >= 0.3 is 0 Å². The van der Waals surface area contributed by atoms with Gasteiger partial charge in [0.15, 0.2) is 0 Å². The van der Waals surface area contributed by atoms with Crippen LogP contribution < -0.4 is 5.73 Å². The Labute approximate surface area is 108 Å². The third-order valence-electron chi connectivity index (χ3n) is 2.83. The molecule has 0 aromatic carbocycles. The van der Waals surface area contributed by atoms with Crippen LogP contribution in [0.2, 0.25) is 0 Å². The summed E-state index contributed by atoms with van der Waals surface area (Å²) in [6, 6.07) is 2.39. The Morgan fingerprint density at radius 1 is 1.56 bits per heavy atom. The molecule has 6 nitrogen and oxygen atoms in total. The standard InChI is InChI=1S/C12H23N5O/c1-9(2)17-6-5-11(14-17)8-16(4)7-10(3)12(13)15-18/h5-6,9-10,18H,7-8H2,1-4H3,(H2,13,15). The number of nitrogens with zero attached hydrogens (tertiary/aromatic N) is 4. The zero-order valence-electron chi connectivity index (χ0n) is 11.5. The fraction of sp³-hybridized carbons (Fsp3) is 0.667. The molecule has 1 heterocycles. The zero-order chi connectivity index (χ0) is 13.7. The third-order valence-corrected chi connectivity index (χ3v) is 2.83. The number of nitrogens with two attached hydrogens (primary N) is 1. The van der Waals surface area contributed by atoms with Gasteiger partial charge in [-0.15, -0.1) is 0 Å². The van der Waals surface area contributed by atoms with Crippen molar-refractivity contribution in [3.8, 4) is 0 Å². The van der Waals surface area contributed by atoms with Crippen LogP contribution in [0.5, 0.6) is 0 Å². The first-order valence-corrected chi connectivity index (χ1v) is 6.14. The van der Waals surface area contributed by atoms with Gasteiger partial charge in [0.05, 0.1) is 5.69 Å². The SMILES string of the molecule is CC(CN(C)Cc1ccn(C(C)C)n1)C(N)=NO. The van der Waals surface area contributed by atoms with Gasteiger partial charge in [-0.1, -0.05) is 12.1 Å². The molecule has 0 aliphatic carbocycles. The molecule has 0 spiro atoms. The highest BCUT2D eigenvalue weighted by molar-refractivity contribution is 5.82. The molecule has 1 rings (SSSR count). The van der Waals surface area contributed by atoms with E-state index in [1.807, 2.05) is 30.9 Å². The van der Waals surface area contributed by atoms with Crippen molar-refractivity contribution in [2.45, 2.75) is 33.4 Å². The van der Waals surface area contributed by atoms with Crippen LogP contribution in [0.1, 0.15) is 32.5 Å². The molecule has 6 heteroatoms. The summed E-state index contributed by atoms with van der Waals surface area (Å²) in [4.78, 5) is 2.11. The number of oxime groups is 1. The molecule has 0 radical (unpaired) electrons. The quantitative estimate of drug-likeness (QED) is 0.346. The van der Waals surface area contributed by atoms with Crippen molar-refractivity contribution < 1.29 is 5.21 Å². The number of rotatable bonds is 6. The largest absolute Gasteiger partial charge is 0.409 e. The minimum Gasteiger partial charge on any atom is -0.409 e. The van der Waals surface area contributed by atoms with E-state index in [1.54, 1.807) is 0 Å². The molecular formula is C12H23N5O. The molecule has 0 fully saturated rings. The molecule has 1 atom stereocenters. The summed E-state index contributed by atoms with van der Waals surface area (Å²) in [6.07, 6.45) is 1.99. The Hall–Kier alpha value is -1.56. The van der Waals surface area contributed by atoms with E-state index in [1.165, 1.54) is 0 Å². The summed E-state index contributed by atoms with van der Waals surface area (Å²) in [7, 11) is 2.00. The molecule has 3 N–H and O–H groups in total. The van der Waals surface area contributed by atoms with Gasteiger partial charge in [0, 0.05) is 31.2 Å². The molecule has 0 saturated carbocycles. The van der Waals surface area contributed by atoms with Gasteiger partial charge in [-0.25, -0.2) is 0 Å². The smallest absolute Gasteiger partial charge is 0.143 e. The highest BCUT2D eigenvalue weighted by Gasteiger charge is 2.12. The maximum absolute atomic E-state index is 8.60. The van der Waals surface area contributed by atoms with Crippen LogP contribution in [0.15, 0.2) is 17.4 Å². The molecule has 0 bridgehead atoms. The van der Waals surface area contributed by atoms with Crippen LogP contribution in [0.3, 0.4) is 0 Å². The van der Waals surface area contributed by atoms with Gasteiger partial charge in [-0.3, -0.25) is 9.58 Å². The van der Waals surface area contributed by atoms with Gasteiger partial charge in [0.1, 0.15) is 5.84 Å². The van der Waals surface area contributed by atoms with E-state index in [-0.39, 0.29) is 11.8 Å². The minimum atomic E-state index is 0.0205. The average molecular weight is 253 g/mol. The molecule has 102 valence electrons. The Bertz CT molecular complexity index is 399. The van der Waals surface area contributed by atoms with Gasteiger partial charge in [-0.2, -0.15) is 5.10 Å². The Balaban J connectivity index is 2.51. The summed E-state index contributed by atoms with van der Waals surface area (Å²) >= 11 is 0. The molecule has 1 unspecified atom stereocenters. The van der Waals surface area contributed by atoms with Crippen molar-refractivity contribution in [3.05, 3.63) is 18.0 Å². The first kappa shape index (κ1) is 14.5. The molecule has 0 amide bonds. The first-order chi connectivity index (χ1) is 8.43. The van der Waals surface area contributed by atoms with Crippen LogP contribution in [0, 0.1) is 5.92 Å². The van der Waals surface area contributed by atoms with Crippen molar-refractivity contribution in [3.63, 3.8) is 0 Å². The normalized spacial score (nSPS) is 14.4. The average Bonchev–Trinajstić information content (AvgIpc) is 2.76. The summed E-state index contributed by atoms with van der Waals surface area (Å²) in [6.45, 7) is 7.60. The molecule has 18 heavy (non-hydrogen) atoms. The predicted molar refractivity (Wildman–Crippen MR) is 71.5 cm³/mol. The van der Waals surface area contributed by atoms with Crippen LogP contribution in [0.25, 0.3) is 0 Å². The van der Waals surface area contributed by atoms with Gasteiger partial charge in [-0.05, 0) is 27.0 Å². The van der Waals surface area contributed by atoms with Crippen molar-refractivity contribution >= 4 is 5.84 Å². The predicted octanol–water partition coefficient (Wildman–Crippen LogP) is 1.28. The van der Waals surface area contributed by atoms with E-state index in [0.717, 1.165) is 18.8 Å². The van der Waals surface area contributed by atoms with Gasteiger partial charge < -0.3 is 10.9 Å². The number of aromatic nitrogens is 2. The van der Waals surface area contributed by atoms with E-state index in [2.05, 4.69) is 29.0 Å². The minimum absolute atomic E-state index is 0.0205. The summed E-state index contributed by atoms with van der Waals surface area (Å²) in [5.41, 5.74) is 6.58. The summed E-state index contributed by atoms with van der Waals surface area (Å²) < 4.78 is 1.94. The van der Waals surface area contributed by atoms with Crippen LogP contribution in [-0.4, -0.2) is 39.3 Å². The highest BCUT2D eigenvalue weighted by atomic mass is 16.4. The van der Waals surface area contributed by atoms with Crippen LogP contribution in [-0.2, 0) is 6.54 Å². The fourth-order valence-corrected chi connectivity index (χ4v) is 1.75. The number of hydrogen-bond donors (Lipinski definition) is 2. The Kier molecular flexibility index (Phi) is 5.15.